The van der Waals surface area contributed by atoms with Gasteiger partial charge in [0.05, 0.1) is 37.8 Å². The fraction of sp³-hybridized carbons (Fsp3) is 0.381. The number of ether oxygens (including phenoxy) is 2. The molecule has 4 rings (SSSR count). The van der Waals surface area contributed by atoms with Gasteiger partial charge in [0.2, 0.25) is 11.8 Å². The van der Waals surface area contributed by atoms with Crippen LogP contribution in [0.4, 0.5) is 21.8 Å². The standard InChI is InChI=1S/C21H25FN8O2/c1-12(30-4-6-32-7-5-30)14-8-16(19-26-13(2)27-21(23)29-19)18(24-10-14)28-15-9-17(22)20(31-3)25-11-15/h8-12H,4-7H2,1-3H3,(H,24,28)(H2,23,26,27,29)/t12-/m0/s1. The maximum atomic E-state index is 14.1. The minimum atomic E-state index is -0.586. The van der Waals surface area contributed by atoms with Gasteiger partial charge in [0.1, 0.15) is 11.6 Å². The molecule has 3 aromatic rings. The normalized spacial score (nSPS) is 15.4. The average Bonchev–Trinajstić information content (AvgIpc) is 2.79. The highest BCUT2D eigenvalue weighted by Gasteiger charge is 2.21. The molecule has 0 radical (unpaired) electrons. The van der Waals surface area contributed by atoms with E-state index < -0.39 is 5.82 Å². The summed E-state index contributed by atoms with van der Waals surface area (Å²) in [6.07, 6.45) is 3.25. The van der Waals surface area contributed by atoms with Crippen molar-refractivity contribution in [2.45, 2.75) is 19.9 Å². The number of nitrogens with one attached hydrogen (secondary N) is 1. The number of halogens is 1. The first kappa shape index (κ1) is 21.8. The van der Waals surface area contributed by atoms with Gasteiger partial charge in [-0.05, 0) is 25.5 Å². The predicted molar refractivity (Wildman–Crippen MR) is 117 cm³/mol. The molecule has 168 valence electrons. The van der Waals surface area contributed by atoms with E-state index in [9.17, 15) is 4.39 Å². The highest BCUT2D eigenvalue weighted by molar-refractivity contribution is 5.75. The SMILES string of the molecule is COc1ncc(Nc2ncc([C@H](C)N3CCOCC3)cc2-c2nc(C)nc(N)n2)cc1F. The van der Waals surface area contributed by atoms with Crippen LogP contribution in [0.1, 0.15) is 24.4 Å². The zero-order valence-corrected chi connectivity index (χ0v) is 18.2. The number of hydrogen-bond donors (Lipinski definition) is 2. The Balaban J connectivity index is 1.74. The van der Waals surface area contributed by atoms with Gasteiger partial charge in [0.15, 0.2) is 11.6 Å². The number of aromatic nitrogens is 5. The summed E-state index contributed by atoms with van der Waals surface area (Å²) in [5, 5.41) is 3.10. The van der Waals surface area contributed by atoms with Crippen molar-refractivity contribution in [3.8, 4) is 17.3 Å². The Labute approximate surface area is 185 Å². The molecule has 0 aromatic carbocycles. The van der Waals surface area contributed by atoms with Crippen LogP contribution >= 0.6 is 0 Å². The first-order valence-electron chi connectivity index (χ1n) is 10.2. The van der Waals surface area contributed by atoms with Crippen LogP contribution in [-0.2, 0) is 4.74 Å². The zero-order chi connectivity index (χ0) is 22.7. The smallest absolute Gasteiger partial charge is 0.250 e. The number of methoxy groups -OCH3 is 1. The summed E-state index contributed by atoms with van der Waals surface area (Å²) in [6.45, 7) is 6.93. The second kappa shape index (κ2) is 9.37. The van der Waals surface area contributed by atoms with Gasteiger partial charge in [-0.25, -0.2) is 19.3 Å². The summed E-state index contributed by atoms with van der Waals surface area (Å²) in [6, 6.07) is 3.37. The van der Waals surface area contributed by atoms with Gasteiger partial charge < -0.3 is 20.5 Å². The van der Waals surface area contributed by atoms with Crippen LogP contribution in [0.25, 0.3) is 11.4 Å². The molecule has 0 saturated carbocycles. The number of hydrogen-bond acceptors (Lipinski definition) is 10. The molecular formula is C21H25FN8O2. The predicted octanol–water partition coefficient (Wildman–Crippen LogP) is 2.50. The fourth-order valence-electron chi connectivity index (χ4n) is 3.56. The highest BCUT2D eigenvalue weighted by atomic mass is 19.1. The maximum Gasteiger partial charge on any atom is 0.250 e. The van der Waals surface area contributed by atoms with Crippen molar-refractivity contribution in [2.75, 3.05) is 44.5 Å². The van der Waals surface area contributed by atoms with Crippen LogP contribution < -0.4 is 15.8 Å². The topological polar surface area (TPSA) is 124 Å². The van der Waals surface area contributed by atoms with E-state index in [1.165, 1.54) is 19.4 Å². The lowest BCUT2D eigenvalue weighted by Crippen LogP contribution is -2.38. The summed E-state index contributed by atoms with van der Waals surface area (Å²) in [5.74, 6) is 0.753. The molecule has 1 fully saturated rings. The summed E-state index contributed by atoms with van der Waals surface area (Å²) in [7, 11) is 1.36. The average molecular weight is 440 g/mol. The second-order valence-corrected chi connectivity index (χ2v) is 7.39. The molecule has 11 heteroatoms. The Morgan fingerprint density at radius 3 is 2.62 bits per heavy atom. The molecule has 10 nitrogen and oxygen atoms in total. The zero-order valence-electron chi connectivity index (χ0n) is 18.2. The number of nitrogen functional groups attached to an aromatic ring is 1. The fourth-order valence-corrected chi connectivity index (χ4v) is 3.56. The molecule has 1 aliphatic heterocycles. The van der Waals surface area contributed by atoms with E-state index in [-0.39, 0.29) is 17.9 Å². The van der Waals surface area contributed by atoms with Crippen molar-refractivity contribution in [1.82, 2.24) is 29.8 Å². The van der Waals surface area contributed by atoms with Gasteiger partial charge in [-0.2, -0.15) is 9.97 Å². The number of aryl methyl sites for hydroxylation is 1. The molecule has 0 aliphatic carbocycles. The Bertz CT molecular complexity index is 1090. The third kappa shape index (κ3) is 4.73. The molecule has 3 N–H and O–H groups in total. The molecular weight excluding hydrogens is 415 g/mol. The molecule has 32 heavy (non-hydrogen) atoms. The molecule has 1 atom stereocenters. The monoisotopic (exact) mass is 440 g/mol. The van der Waals surface area contributed by atoms with Crippen molar-refractivity contribution < 1.29 is 13.9 Å². The van der Waals surface area contributed by atoms with E-state index in [1.807, 2.05) is 6.07 Å². The lowest BCUT2D eigenvalue weighted by Gasteiger charge is -2.32. The van der Waals surface area contributed by atoms with Crippen molar-refractivity contribution in [3.63, 3.8) is 0 Å². The number of morpholine rings is 1. The first-order chi connectivity index (χ1) is 15.4. The van der Waals surface area contributed by atoms with Crippen molar-refractivity contribution in [2.24, 2.45) is 0 Å². The number of nitrogens with two attached hydrogens (primary N) is 1. The number of anilines is 3. The molecule has 0 unspecified atom stereocenters. The minimum Gasteiger partial charge on any atom is -0.479 e. The van der Waals surface area contributed by atoms with Crippen molar-refractivity contribution >= 4 is 17.5 Å². The Morgan fingerprint density at radius 2 is 1.94 bits per heavy atom. The van der Waals surface area contributed by atoms with E-state index in [4.69, 9.17) is 15.2 Å². The van der Waals surface area contributed by atoms with Gasteiger partial charge in [-0.1, -0.05) is 0 Å². The molecule has 3 aromatic heterocycles. The molecule has 0 amide bonds. The molecule has 1 saturated heterocycles. The minimum absolute atomic E-state index is 0.0840. The first-order valence-corrected chi connectivity index (χ1v) is 10.2. The van der Waals surface area contributed by atoms with Crippen LogP contribution in [0.2, 0.25) is 0 Å². The largest absolute Gasteiger partial charge is 0.479 e. The van der Waals surface area contributed by atoms with Crippen LogP contribution in [0.3, 0.4) is 0 Å². The van der Waals surface area contributed by atoms with Crippen molar-refractivity contribution in [3.05, 3.63) is 41.7 Å². The van der Waals surface area contributed by atoms with Gasteiger partial charge in [-0.15, -0.1) is 0 Å². The van der Waals surface area contributed by atoms with Crippen LogP contribution in [0, 0.1) is 12.7 Å². The summed E-state index contributed by atoms with van der Waals surface area (Å²) >= 11 is 0. The lowest BCUT2D eigenvalue weighted by molar-refractivity contribution is 0.0198. The number of nitrogens with zero attached hydrogens (tertiary/aromatic N) is 6. The molecule has 4 heterocycles. The maximum absolute atomic E-state index is 14.1. The highest BCUT2D eigenvalue weighted by Crippen LogP contribution is 2.31. The van der Waals surface area contributed by atoms with E-state index in [0.717, 1.165) is 18.7 Å². The van der Waals surface area contributed by atoms with E-state index >= 15 is 0 Å². The number of pyridine rings is 2. The summed E-state index contributed by atoms with van der Waals surface area (Å²) in [5.41, 5.74) is 7.88. The Kier molecular flexibility index (Phi) is 6.37. The van der Waals surface area contributed by atoms with Crippen molar-refractivity contribution in [1.29, 1.82) is 0 Å². The third-order valence-electron chi connectivity index (χ3n) is 5.25. The Morgan fingerprint density at radius 1 is 1.16 bits per heavy atom. The summed E-state index contributed by atoms with van der Waals surface area (Å²) < 4.78 is 24.5. The molecule has 0 spiro atoms. The quantitative estimate of drug-likeness (QED) is 0.591. The van der Waals surface area contributed by atoms with Crippen LogP contribution in [0.15, 0.2) is 24.5 Å². The third-order valence-corrected chi connectivity index (χ3v) is 5.25. The second-order valence-electron chi connectivity index (χ2n) is 7.39. The van der Waals surface area contributed by atoms with Crippen LogP contribution in [-0.4, -0.2) is 63.2 Å². The van der Waals surface area contributed by atoms with Gasteiger partial charge >= 0.3 is 0 Å². The molecule has 1 aliphatic rings. The van der Waals surface area contributed by atoms with E-state index in [2.05, 4.69) is 42.1 Å². The molecule has 0 bridgehead atoms. The van der Waals surface area contributed by atoms with Gasteiger partial charge in [-0.3, -0.25) is 4.90 Å². The van der Waals surface area contributed by atoms with E-state index in [1.54, 1.807) is 13.1 Å². The summed E-state index contributed by atoms with van der Waals surface area (Å²) in [4.78, 5) is 23.7. The van der Waals surface area contributed by atoms with E-state index in [0.29, 0.717) is 41.9 Å². The van der Waals surface area contributed by atoms with Gasteiger partial charge in [0, 0.05) is 31.4 Å². The lowest BCUT2D eigenvalue weighted by atomic mass is 10.1. The van der Waals surface area contributed by atoms with Gasteiger partial charge in [0.25, 0.3) is 0 Å². The number of rotatable bonds is 6. The van der Waals surface area contributed by atoms with Crippen LogP contribution in [0.5, 0.6) is 5.88 Å². The Hall–Kier alpha value is -3.44.